The summed E-state index contributed by atoms with van der Waals surface area (Å²) in [6, 6.07) is 4.06. The Balaban J connectivity index is 2.21. The molecule has 1 aromatic heterocycles. The van der Waals surface area contributed by atoms with Crippen molar-refractivity contribution in [1.82, 2.24) is 4.98 Å². The number of nitrogen functional groups attached to an aromatic ring is 1. The summed E-state index contributed by atoms with van der Waals surface area (Å²) in [6.07, 6.45) is 3.40. The SMILES string of the molecule is Cc1ccncc1CNc1cc(F)c(C(=O)O)cc1N. The van der Waals surface area contributed by atoms with E-state index in [-0.39, 0.29) is 5.69 Å². The number of pyridine rings is 1. The lowest BCUT2D eigenvalue weighted by atomic mass is 10.1. The van der Waals surface area contributed by atoms with Crippen molar-refractivity contribution >= 4 is 17.3 Å². The summed E-state index contributed by atoms with van der Waals surface area (Å²) in [5.74, 6) is -2.17. The van der Waals surface area contributed by atoms with Gasteiger partial charge in [0.1, 0.15) is 5.82 Å². The number of hydrogen-bond donors (Lipinski definition) is 3. The highest BCUT2D eigenvalue weighted by molar-refractivity contribution is 5.90. The molecule has 2 rings (SSSR count). The topological polar surface area (TPSA) is 88.2 Å². The number of rotatable bonds is 4. The quantitative estimate of drug-likeness (QED) is 0.746. The molecular formula is C14H14FN3O2. The van der Waals surface area contributed by atoms with Crippen LogP contribution in [0, 0.1) is 12.7 Å². The molecule has 6 heteroatoms. The minimum atomic E-state index is -1.34. The zero-order valence-corrected chi connectivity index (χ0v) is 10.9. The second-order valence-corrected chi connectivity index (χ2v) is 4.38. The molecule has 1 aromatic carbocycles. The smallest absolute Gasteiger partial charge is 0.338 e. The number of nitrogens with zero attached hydrogens (tertiary/aromatic N) is 1. The first-order valence-corrected chi connectivity index (χ1v) is 5.94. The molecule has 0 saturated carbocycles. The maximum absolute atomic E-state index is 13.6. The van der Waals surface area contributed by atoms with Gasteiger partial charge in [0.05, 0.1) is 16.9 Å². The van der Waals surface area contributed by atoms with Crippen LogP contribution in [-0.2, 0) is 6.54 Å². The van der Waals surface area contributed by atoms with Gasteiger partial charge in [-0.25, -0.2) is 9.18 Å². The molecule has 0 fully saturated rings. The Bertz CT molecular complexity index is 659. The van der Waals surface area contributed by atoms with Gasteiger partial charge in [0.15, 0.2) is 0 Å². The average molecular weight is 275 g/mol. The van der Waals surface area contributed by atoms with Crippen molar-refractivity contribution in [2.45, 2.75) is 13.5 Å². The summed E-state index contributed by atoms with van der Waals surface area (Å²) in [5.41, 5.74) is 7.83. The molecular weight excluding hydrogens is 261 g/mol. The minimum Gasteiger partial charge on any atom is -0.478 e. The number of halogens is 1. The Kier molecular flexibility index (Phi) is 3.84. The second-order valence-electron chi connectivity index (χ2n) is 4.38. The van der Waals surface area contributed by atoms with E-state index in [1.165, 1.54) is 0 Å². The van der Waals surface area contributed by atoms with Crippen LogP contribution in [0.3, 0.4) is 0 Å². The van der Waals surface area contributed by atoms with E-state index in [4.69, 9.17) is 10.8 Å². The molecule has 0 aliphatic heterocycles. The summed E-state index contributed by atoms with van der Waals surface area (Å²) >= 11 is 0. The molecule has 5 nitrogen and oxygen atoms in total. The summed E-state index contributed by atoms with van der Waals surface area (Å²) in [6.45, 7) is 2.37. The molecule has 20 heavy (non-hydrogen) atoms. The summed E-state index contributed by atoms with van der Waals surface area (Å²) in [5, 5.41) is 11.8. The van der Waals surface area contributed by atoms with Crippen LogP contribution < -0.4 is 11.1 Å². The van der Waals surface area contributed by atoms with Gasteiger partial charge in [-0.15, -0.1) is 0 Å². The lowest BCUT2D eigenvalue weighted by molar-refractivity contribution is 0.0692. The van der Waals surface area contributed by atoms with Crippen LogP contribution in [-0.4, -0.2) is 16.1 Å². The van der Waals surface area contributed by atoms with Crippen molar-refractivity contribution in [3.05, 3.63) is 53.1 Å². The molecule has 1 heterocycles. The molecule has 0 unspecified atom stereocenters. The van der Waals surface area contributed by atoms with Gasteiger partial charge in [0.2, 0.25) is 0 Å². The first-order chi connectivity index (χ1) is 9.49. The first kappa shape index (κ1) is 13.8. The summed E-state index contributed by atoms with van der Waals surface area (Å²) in [4.78, 5) is 14.8. The van der Waals surface area contributed by atoms with Crippen LogP contribution in [0.25, 0.3) is 0 Å². The Labute approximate surface area is 115 Å². The van der Waals surface area contributed by atoms with E-state index >= 15 is 0 Å². The van der Waals surface area contributed by atoms with Crippen LogP contribution in [0.2, 0.25) is 0 Å². The van der Waals surface area contributed by atoms with Crippen molar-refractivity contribution in [1.29, 1.82) is 0 Å². The number of carboxylic acid groups (broad SMARTS) is 1. The van der Waals surface area contributed by atoms with E-state index in [1.807, 2.05) is 13.0 Å². The molecule has 0 spiro atoms. The third kappa shape index (κ3) is 2.85. The molecule has 0 aliphatic carbocycles. The van der Waals surface area contributed by atoms with Crippen molar-refractivity contribution in [2.24, 2.45) is 0 Å². The van der Waals surface area contributed by atoms with E-state index in [1.54, 1.807) is 12.4 Å². The molecule has 104 valence electrons. The minimum absolute atomic E-state index is 0.186. The largest absolute Gasteiger partial charge is 0.478 e. The summed E-state index contributed by atoms with van der Waals surface area (Å²) in [7, 11) is 0. The Hall–Kier alpha value is -2.63. The molecule has 2 aromatic rings. The highest BCUT2D eigenvalue weighted by atomic mass is 19.1. The van der Waals surface area contributed by atoms with Gasteiger partial charge in [-0.2, -0.15) is 0 Å². The zero-order valence-electron chi connectivity index (χ0n) is 10.9. The monoisotopic (exact) mass is 275 g/mol. The molecule has 0 atom stereocenters. The van der Waals surface area contributed by atoms with Gasteiger partial charge in [-0.3, -0.25) is 4.98 Å². The molecule has 0 radical (unpaired) electrons. The Morgan fingerprint density at radius 2 is 2.25 bits per heavy atom. The van der Waals surface area contributed by atoms with Gasteiger partial charge in [-0.05, 0) is 36.2 Å². The fraction of sp³-hybridized carbons (Fsp3) is 0.143. The van der Waals surface area contributed by atoms with Crippen LogP contribution in [0.1, 0.15) is 21.5 Å². The predicted octanol–water partition coefficient (Wildman–Crippen LogP) is 2.42. The van der Waals surface area contributed by atoms with E-state index < -0.39 is 17.3 Å². The number of hydrogen-bond acceptors (Lipinski definition) is 4. The maximum atomic E-state index is 13.6. The number of carbonyl (C=O) groups is 1. The average Bonchev–Trinajstić information content (AvgIpc) is 2.40. The van der Waals surface area contributed by atoms with E-state index in [0.29, 0.717) is 12.2 Å². The zero-order chi connectivity index (χ0) is 14.7. The van der Waals surface area contributed by atoms with Crippen molar-refractivity contribution < 1.29 is 14.3 Å². The van der Waals surface area contributed by atoms with Crippen molar-refractivity contribution in [3.8, 4) is 0 Å². The van der Waals surface area contributed by atoms with E-state index in [2.05, 4.69) is 10.3 Å². The third-order valence-corrected chi connectivity index (χ3v) is 2.99. The number of carboxylic acids is 1. The number of aromatic carboxylic acids is 1. The summed E-state index contributed by atoms with van der Waals surface area (Å²) < 4.78 is 13.6. The standard InChI is InChI=1S/C14H14FN3O2/c1-8-2-3-17-6-9(8)7-18-13-5-11(15)10(14(19)20)4-12(13)16/h2-6,18H,7,16H2,1H3,(H,19,20). The van der Waals surface area contributed by atoms with Gasteiger partial charge in [-0.1, -0.05) is 0 Å². The van der Waals surface area contributed by atoms with Gasteiger partial charge < -0.3 is 16.2 Å². The number of aromatic nitrogens is 1. The lowest BCUT2D eigenvalue weighted by Gasteiger charge is -2.12. The lowest BCUT2D eigenvalue weighted by Crippen LogP contribution is -2.08. The fourth-order valence-corrected chi connectivity index (χ4v) is 1.78. The van der Waals surface area contributed by atoms with Gasteiger partial charge >= 0.3 is 5.97 Å². The fourth-order valence-electron chi connectivity index (χ4n) is 1.78. The molecule has 4 N–H and O–H groups in total. The molecule has 0 aliphatic rings. The van der Waals surface area contributed by atoms with Crippen LogP contribution in [0.15, 0.2) is 30.6 Å². The van der Waals surface area contributed by atoms with E-state index in [0.717, 1.165) is 23.3 Å². The Morgan fingerprint density at radius 1 is 1.50 bits per heavy atom. The highest BCUT2D eigenvalue weighted by Crippen LogP contribution is 2.24. The number of aryl methyl sites for hydroxylation is 1. The van der Waals surface area contributed by atoms with Crippen molar-refractivity contribution in [3.63, 3.8) is 0 Å². The normalized spacial score (nSPS) is 10.3. The third-order valence-electron chi connectivity index (χ3n) is 2.99. The molecule has 0 saturated heterocycles. The number of nitrogens with two attached hydrogens (primary N) is 1. The molecule has 0 bridgehead atoms. The van der Waals surface area contributed by atoms with E-state index in [9.17, 15) is 9.18 Å². The second kappa shape index (κ2) is 5.56. The Morgan fingerprint density at radius 3 is 2.90 bits per heavy atom. The number of nitrogens with one attached hydrogen (secondary N) is 1. The first-order valence-electron chi connectivity index (χ1n) is 5.94. The molecule has 0 amide bonds. The maximum Gasteiger partial charge on any atom is 0.338 e. The van der Waals surface area contributed by atoms with Gasteiger partial charge in [0, 0.05) is 18.9 Å². The number of anilines is 2. The van der Waals surface area contributed by atoms with Crippen LogP contribution >= 0.6 is 0 Å². The van der Waals surface area contributed by atoms with Crippen LogP contribution in [0.4, 0.5) is 15.8 Å². The van der Waals surface area contributed by atoms with Gasteiger partial charge in [0.25, 0.3) is 0 Å². The van der Waals surface area contributed by atoms with Crippen molar-refractivity contribution in [2.75, 3.05) is 11.1 Å². The number of benzene rings is 1. The highest BCUT2D eigenvalue weighted by Gasteiger charge is 2.13. The van der Waals surface area contributed by atoms with Crippen LogP contribution in [0.5, 0.6) is 0 Å². The predicted molar refractivity (Wildman–Crippen MR) is 74.1 cm³/mol.